The molecule has 2 aromatic heterocycles. The van der Waals surface area contributed by atoms with Crippen LogP contribution in [-0.2, 0) is 11.3 Å². The monoisotopic (exact) mass is 585 g/mol. The first-order valence-corrected chi connectivity index (χ1v) is 14.2. The van der Waals surface area contributed by atoms with E-state index < -0.39 is 6.11 Å². The number of carbonyl (C=O) groups excluding carboxylic acids is 2. The predicted molar refractivity (Wildman–Crippen MR) is 160 cm³/mol. The third-order valence-corrected chi connectivity index (χ3v) is 6.55. The summed E-state index contributed by atoms with van der Waals surface area (Å²) in [6.45, 7) is 10.2. The average molecular weight is 586 g/mol. The number of pyridine rings is 1. The number of benzene rings is 1. The van der Waals surface area contributed by atoms with Gasteiger partial charge in [0.05, 0.1) is 0 Å². The zero-order valence-corrected chi connectivity index (χ0v) is 24.9. The van der Waals surface area contributed by atoms with Crippen molar-refractivity contribution in [1.82, 2.24) is 19.4 Å². The number of amides is 2. The highest BCUT2D eigenvalue weighted by Crippen LogP contribution is 2.31. The summed E-state index contributed by atoms with van der Waals surface area (Å²) in [7, 11) is 1.75. The molecule has 0 unspecified atom stereocenters. The summed E-state index contributed by atoms with van der Waals surface area (Å²) >= 11 is 0. The maximum Gasteiger partial charge on any atom is 0.394 e. The van der Waals surface area contributed by atoms with E-state index in [2.05, 4.69) is 36.3 Å². The molecule has 5 rings (SSSR count). The zero-order valence-electron chi connectivity index (χ0n) is 24.9. The predicted octanol–water partition coefficient (Wildman–Crippen LogP) is 5.27. The van der Waals surface area contributed by atoms with Crippen molar-refractivity contribution in [2.75, 3.05) is 48.8 Å². The molecule has 42 heavy (non-hydrogen) atoms. The number of hydrogen-bond donors (Lipinski definition) is 2. The lowest BCUT2D eigenvalue weighted by molar-refractivity contribution is -0.158. The van der Waals surface area contributed by atoms with Crippen LogP contribution in [0.3, 0.4) is 0 Å². The summed E-state index contributed by atoms with van der Waals surface area (Å²) < 4.78 is 30.9. The lowest BCUT2D eigenvalue weighted by Crippen LogP contribution is -2.49. The highest BCUT2D eigenvalue weighted by Gasteiger charge is 2.29. The number of alkyl halides is 2. The Bertz CT molecular complexity index is 1270. The molecule has 2 amide bonds. The van der Waals surface area contributed by atoms with E-state index in [-0.39, 0.29) is 11.7 Å². The molecule has 2 N–H and O–H groups in total. The number of anilines is 3. The van der Waals surface area contributed by atoms with E-state index in [1.807, 2.05) is 42.5 Å². The molecule has 0 spiro atoms. The van der Waals surface area contributed by atoms with Crippen molar-refractivity contribution in [3.63, 3.8) is 0 Å². The van der Waals surface area contributed by atoms with Crippen molar-refractivity contribution in [2.24, 2.45) is 5.92 Å². The van der Waals surface area contributed by atoms with Crippen LogP contribution in [0.2, 0.25) is 0 Å². The molecule has 3 aromatic rings. The van der Waals surface area contributed by atoms with Crippen LogP contribution < -0.4 is 20.3 Å². The molecule has 0 bridgehead atoms. The van der Waals surface area contributed by atoms with Gasteiger partial charge in [0.2, 0.25) is 12.2 Å². The van der Waals surface area contributed by atoms with Crippen LogP contribution in [0.1, 0.15) is 49.8 Å². The van der Waals surface area contributed by atoms with Crippen molar-refractivity contribution in [2.45, 2.75) is 53.2 Å². The summed E-state index contributed by atoms with van der Waals surface area (Å²) in [6.07, 6.45) is 3.46. The van der Waals surface area contributed by atoms with Gasteiger partial charge in [-0.2, -0.15) is 8.78 Å². The number of piperazine rings is 1. The quantitative estimate of drug-likeness (QED) is 0.330. The van der Waals surface area contributed by atoms with Crippen LogP contribution in [0.5, 0.6) is 5.75 Å². The number of imidazole rings is 1. The van der Waals surface area contributed by atoms with Crippen molar-refractivity contribution in [1.29, 1.82) is 0 Å². The molecule has 3 heterocycles. The highest BCUT2D eigenvalue weighted by molar-refractivity contribution is 5.92. The van der Waals surface area contributed by atoms with Crippen LogP contribution >= 0.6 is 0 Å². The minimum absolute atomic E-state index is 0.0777. The number of carbonyl (C=O) groups is 2. The maximum absolute atomic E-state index is 13.0. The Morgan fingerprint density at radius 1 is 1.10 bits per heavy atom. The summed E-state index contributed by atoms with van der Waals surface area (Å²) in [5, 5.41) is 5.43. The normalized spacial score (nSPS) is 14.5. The van der Waals surface area contributed by atoms with Gasteiger partial charge in [-0.25, -0.2) is 9.97 Å². The molecule has 2 fully saturated rings. The SMILES string of the molecule is CC.CNc1ccc(OC(C)(F)F)cc1.Cc1ccc(N2CCN(C(=O)c3nc(NC=O)cn3CC3CC3)CC2)nc1. The summed E-state index contributed by atoms with van der Waals surface area (Å²) in [6, 6.07) is 10.4. The fourth-order valence-corrected chi connectivity index (χ4v) is 4.26. The molecule has 1 aromatic carbocycles. The fraction of sp³-hybridized carbons (Fsp3) is 0.467. The first-order valence-electron chi connectivity index (χ1n) is 14.2. The Morgan fingerprint density at radius 2 is 1.76 bits per heavy atom. The molecule has 0 atom stereocenters. The average Bonchev–Trinajstić information content (AvgIpc) is 3.72. The number of nitrogens with one attached hydrogen (secondary N) is 2. The molecule has 228 valence electrons. The zero-order chi connectivity index (χ0) is 30.7. The van der Waals surface area contributed by atoms with Gasteiger partial charge in [0.1, 0.15) is 11.6 Å². The minimum atomic E-state index is -3.12. The van der Waals surface area contributed by atoms with E-state index in [0.29, 0.717) is 44.0 Å². The van der Waals surface area contributed by atoms with Gasteiger partial charge >= 0.3 is 6.11 Å². The number of hydrogen-bond acceptors (Lipinski definition) is 7. The summed E-state index contributed by atoms with van der Waals surface area (Å²) in [5.74, 6) is 2.47. The van der Waals surface area contributed by atoms with Crippen molar-refractivity contribution < 1.29 is 23.1 Å². The Labute approximate surface area is 246 Å². The molecule has 10 nitrogen and oxygen atoms in total. The second kappa shape index (κ2) is 15.1. The number of aromatic nitrogens is 3. The minimum Gasteiger partial charge on any atom is -0.433 e. The Balaban J connectivity index is 0.000000272. The van der Waals surface area contributed by atoms with E-state index in [0.717, 1.165) is 36.7 Å². The third-order valence-electron chi connectivity index (χ3n) is 6.55. The van der Waals surface area contributed by atoms with Crippen molar-refractivity contribution >= 4 is 29.6 Å². The van der Waals surface area contributed by atoms with Gasteiger partial charge in [0.25, 0.3) is 5.91 Å². The highest BCUT2D eigenvalue weighted by atomic mass is 19.3. The van der Waals surface area contributed by atoms with Gasteiger partial charge in [-0.05, 0) is 61.6 Å². The van der Waals surface area contributed by atoms with Gasteiger partial charge in [0, 0.05) is 64.8 Å². The molecular formula is C30H41F2N7O3. The summed E-state index contributed by atoms with van der Waals surface area (Å²) in [4.78, 5) is 36.6. The fourth-order valence-electron chi connectivity index (χ4n) is 4.26. The van der Waals surface area contributed by atoms with Gasteiger partial charge in [-0.15, -0.1) is 0 Å². The lowest BCUT2D eigenvalue weighted by Gasteiger charge is -2.35. The Morgan fingerprint density at radius 3 is 2.29 bits per heavy atom. The Kier molecular flexibility index (Phi) is 11.6. The van der Waals surface area contributed by atoms with E-state index >= 15 is 0 Å². The van der Waals surface area contributed by atoms with E-state index in [9.17, 15) is 18.4 Å². The van der Waals surface area contributed by atoms with Gasteiger partial charge in [0.15, 0.2) is 5.82 Å². The number of ether oxygens (including phenoxy) is 1. The number of nitrogens with zero attached hydrogens (tertiary/aromatic N) is 5. The van der Waals surface area contributed by atoms with Gasteiger partial charge in [-0.1, -0.05) is 19.9 Å². The molecule has 0 radical (unpaired) electrons. The molecular weight excluding hydrogens is 544 g/mol. The van der Waals surface area contributed by atoms with E-state index in [4.69, 9.17) is 0 Å². The second-order valence-corrected chi connectivity index (χ2v) is 9.96. The van der Waals surface area contributed by atoms with Crippen LogP contribution in [-0.4, -0.2) is 71.1 Å². The molecule has 2 aliphatic rings. The van der Waals surface area contributed by atoms with Crippen LogP contribution in [0.15, 0.2) is 48.8 Å². The summed E-state index contributed by atoms with van der Waals surface area (Å²) in [5.41, 5.74) is 1.99. The number of halogens is 2. The van der Waals surface area contributed by atoms with Crippen LogP contribution in [0, 0.1) is 12.8 Å². The topological polar surface area (TPSA) is 105 Å². The molecule has 1 aliphatic heterocycles. The lowest BCUT2D eigenvalue weighted by atomic mass is 10.2. The standard InChI is InChI=1S/C19H24N6O2.C9H11F2NO.C2H6/c1-14-2-5-17(20-10-14)23-6-8-24(9-7-23)19(27)18-22-16(21-13-26)12-25(18)11-15-3-4-15;1-9(10,11)13-8-5-3-7(12-2)4-6-8;1-2/h2,5,10,12-13,15H,3-4,6-9,11H2,1H3,(H,21,26);3-6,12H,1-2H3;1-2H3. The molecule has 1 saturated carbocycles. The smallest absolute Gasteiger partial charge is 0.394 e. The first-order chi connectivity index (χ1) is 20.1. The van der Waals surface area contributed by atoms with Crippen molar-refractivity contribution in [3.05, 3.63) is 60.2 Å². The molecule has 1 saturated heterocycles. The largest absolute Gasteiger partial charge is 0.433 e. The molecule has 1 aliphatic carbocycles. The van der Waals surface area contributed by atoms with Crippen LogP contribution in [0.4, 0.5) is 26.1 Å². The molecule has 12 heteroatoms. The van der Waals surface area contributed by atoms with Crippen LogP contribution in [0.25, 0.3) is 0 Å². The first kappa shape index (κ1) is 32.3. The van der Waals surface area contributed by atoms with E-state index in [1.165, 1.54) is 25.0 Å². The van der Waals surface area contributed by atoms with Gasteiger partial charge < -0.3 is 29.7 Å². The second-order valence-electron chi connectivity index (χ2n) is 9.96. The van der Waals surface area contributed by atoms with Crippen molar-refractivity contribution in [3.8, 4) is 5.75 Å². The maximum atomic E-state index is 13.0. The van der Waals surface area contributed by atoms with Gasteiger partial charge in [-0.3, -0.25) is 9.59 Å². The number of rotatable bonds is 9. The Hall–Kier alpha value is -4.22. The van der Waals surface area contributed by atoms with E-state index in [1.54, 1.807) is 25.4 Å². The number of aryl methyl sites for hydroxylation is 1. The third kappa shape index (κ3) is 9.71.